The molecule has 15 heteroatoms. The number of ether oxygens (including phenoxy) is 3. The number of rotatable bonds is 13. The highest BCUT2D eigenvalue weighted by molar-refractivity contribution is 7.86. The maximum Gasteiger partial charge on any atom is 0.306 e. The molecule has 0 atom stereocenters. The van der Waals surface area contributed by atoms with Gasteiger partial charge in [-0.25, -0.2) is 0 Å². The minimum Gasteiger partial charge on any atom is -0.496 e. The Balaban J connectivity index is 1.91. The van der Waals surface area contributed by atoms with Crippen molar-refractivity contribution in [1.82, 2.24) is 0 Å². The summed E-state index contributed by atoms with van der Waals surface area (Å²) in [5.41, 5.74) is 1.99. The summed E-state index contributed by atoms with van der Waals surface area (Å²) in [6.07, 6.45) is 2.64. The molecule has 240 valence electrons. The van der Waals surface area contributed by atoms with Crippen LogP contribution in [0.5, 0.6) is 34.5 Å². The predicted molar refractivity (Wildman–Crippen MR) is 168 cm³/mol. The fraction of sp³-hybridized carbons (Fsp3) is 0.200. The van der Waals surface area contributed by atoms with Gasteiger partial charge in [-0.05, 0) is 47.0 Å². The van der Waals surface area contributed by atoms with Crippen molar-refractivity contribution in [2.24, 2.45) is 0 Å². The second-order valence-corrected chi connectivity index (χ2v) is 14.4. The first-order valence-corrected chi connectivity index (χ1v) is 18.4. The van der Waals surface area contributed by atoms with Crippen LogP contribution in [0.3, 0.4) is 0 Å². The van der Waals surface area contributed by atoms with E-state index in [0.717, 1.165) is 24.3 Å². The van der Waals surface area contributed by atoms with Crippen molar-refractivity contribution in [3.05, 3.63) is 84.4 Å². The lowest BCUT2D eigenvalue weighted by molar-refractivity contribution is 0.296. The number of methoxy groups -OCH3 is 2. The van der Waals surface area contributed by atoms with Crippen molar-refractivity contribution in [2.75, 3.05) is 33.0 Å². The molecule has 0 heterocycles. The van der Waals surface area contributed by atoms with Gasteiger partial charge in [-0.1, -0.05) is 48.5 Å². The minimum atomic E-state index is -4.15. The van der Waals surface area contributed by atoms with E-state index in [-0.39, 0.29) is 52.2 Å². The van der Waals surface area contributed by atoms with Gasteiger partial charge in [-0.2, -0.15) is 25.3 Å². The summed E-state index contributed by atoms with van der Waals surface area (Å²) in [5.74, 6) is -0.133. The van der Waals surface area contributed by atoms with Gasteiger partial charge >= 0.3 is 30.4 Å². The van der Waals surface area contributed by atoms with E-state index in [9.17, 15) is 25.3 Å². The summed E-state index contributed by atoms with van der Waals surface area (Å²) in [6, 6.07) is 21.0. The Labute approximate surface area is 262 Å². The number of benzene rings is 4. The van der Waals surface area contributed by atoms with E-state index in [1.807, 2.05) is 30.3 Å². The maximum atomic E-state index is 12.5. The Kier molecular flexibility index (Phi) is 9.85. The molecule has 0 aliphatic rings. The van der Waals surface area contributed by atoms with Gasteiger partial charge in [0.1, 0.15) is 18.1 Å². The normalized spacial score (nSPS) is 11.8. The van der Waals surface area contributed by atoms with E-state index >= 15 is 0 Å². The molecule has 0 N–H and O–H groups in total. The van der Waals surface area contributed by atoms with E-state index < -0.39 is 30.4 Å². The molecule has 4 aromatic rings. The topological polar surface area (TPSA) is 158 Å². The zero-order valence-electron chi connectivity index (χ0n) is 24.8. The summed E-state index contributed by atoms with van der Waals surface area (Å²) < 4.78 is 105. The first-order valence-electron chi connectivity index (χ1n) is 13.0. The lowest BCUT2D eigenvalue weighted by Gasteiger charge is -2.21. The molecule has 12 nitrogen and oxygen atoms in total. The van der Waals surface area contributed by atoms with Gasteiger partial charge in [-0.3, -0.25) is 0 Å². The molecule has 0 radical (unpaired) electrons. The summed E-state index contributed by atoms with van der Waals surface area (Å²) in [4.78, 5) is 0. The molecule has 0 amide bonds. The smallest absolute Gasteiger partial charge is 0.306 e. The zero-order chi connectivity index (χ0) is 33.0. The minimum absolute atomic E-state index is 0.0111. The average Bonchev–Trinajstić information content (AvgIpc) is 2.94. The standard InChI is InChI=1S/C30H30O12S3/c1-37-27-18-24(21-11-14-23(15-12-21)40-43(3,31)32)29(38-2)30(42-45(5,35)36)28(27)22-13-16-25(26(17-22)41-44(4,33)34)39-19-20-9-7-6-8-10-20/h6-18H,19H2,1-5H3. The van der Waals surface area contributed by atoms with Crippen molar-refractivity contribution in [2.45, 2.75) is 6.61 Å². The average molecular weight is 679 g/mol. The molecule has 0 saturated heterocycles. The highest BCUT2D eigenvalue weighted by atomic mass is 32.2. The van der Waals surface area contributed by atoms with Crippen molar-refractivity contribution >= 4 is 30.4 Å². The Morgan fingerprint density at radius 2 is 1.16 bits per heavy atom. The molecule has 0 spiro atoms. The molecule has 0 aliphatic heterocycles. The summed E-state index contributed by atoms with van der Waals surface area (Å²) >= 11 is 0. The van der Waals surface area contributed by atoms with Crippen LogP contribution in [0.2, 0.25) is 0 Å². The summed E-state index contributed by atoms with van der Waals surface area (Å²) in [6.45, 7) is 0.114. The molecular formula is C30H30O12S3. The quantitative estimate of drug-likeness (QED) is 0.181. The van der Waals surface area contributed by atoms with Gasteiger partial charge in [0.05, 0.1) is 38.6 Å². The van der Waals surface area contributed by atoms with Crippen LogP contribution in [0, 0.1) is 0 Å². The van der Waals surface area contributed by atoms with Crippen LogP contribution in [0.1, 0.15) is 5.56 Å². The Morgan fingerprint density at radius 3 is 1.71 bits per heavy atom. The monoisotopic (exact) mass is 678 g/mol. The van der Waals surface area contributed by atoms with Crippen LogP contribution in [0.25, 0.3) is 22.3 Å². The van der Waals surface area contributed by atoms with E-state index in [1.54, 1.807) is 24.3 Å². The van der Waals surface area contributed by atoms with Crippen molar-refractivity contribution in [3.8, 4) is 56.8 Å². The van der Waals surface area contributed by atoms with Gasteiger partial charge in [0.25, 0.3) is 0 Å². The molecule has 0 fully saturated rings. The molecular weight excluding hydrogens is 649 g/mol. The van der Waals surface area contributed by atoms with Crippen LogP contribution in [0.4, 0.5) is 0 Å². The Bertz CT molecular complexity index is 2010. The fourth-order valence-electron chi connectivity index (χ4n) is 4.31. The molecule has 45 heavy (non-hydrogen) atoms. The van der Waals surface area contributed by atoms with Crippen molar-refractivity contribution in [3.63, 3.8) is 0 Å². The SMILES string of the molecule is COc1cc(-c2ccc(OS(C)(=O)=O)cc2)c(OC)c(OS(C)(=O)=O)c1-c1ccc(OCc2ccccc2)c(OS(C)(=O)=O)c1. The van der Waals surface area contributed by atoms with E-state index in [2.05, 4.69) is 0 Å². The maximum absolute atomic E-state index is 12.5. The van der Waals surface area contributed by atoms with E-state index in [0.29, 0.717) is 11.1 Å². The van der Waals surface area contributed by atoms with E-state index in [4.69, 9.17) is 26.8 Å². The van der Waals surface area contributed by atoms with Gasteiger partial charge in [0, 0.05) is 5.56 Å². The molecule has 0 unspecified atom stereocenters. The second kappa shape index (κ2) is 13.3. The van der Waals surface area contributed by atoms with Crippen molar-refractivity contribution in [1.29, 1.82) is 0 Å². The van der Waals surface area contributed by atoms with Gasteiger partial charge in [0.2, 0.25) is 0 Å². The first kappa shape index (κ1) is 33.4. The molecule has 0 aliphatic carbocycles. The molecule has 0 bridgehead atoms. The molecule has 4 rings (SSSR count). The van der Waals surface area contributed by atoms with Gasteiger partial charge in [-0.15, -0.1) is 0 Å². The van der Waals surface area contributed by atoms with Gasteiger partial charge < -0.3 is 26.8 Å². The molecule has 0 saturated carbocycles. The number of hydrogen-bond acceptors (Lipinski definition) is 12. The summed E-state index contributed by atoms with van der Waals surface area (Å²) in [7, 11) is -9.27. The molecule has 4 aromatic carbocycles. The first-order chi connectivity index (χ1) is 21.1. The van der Waals surface area contributed by atoms with Crippen LogP contribution < -0.4 is 26.8 Å². The molecule has 0 aromatic heterocycles. The fourth-order valence-corrected chi connectivity index (χ4v) is 5.69. The highest BCUT2D eigenvalue weighted by Crippen LogP contribution is 2.51. The van der Waals surface area contributed by atoms with Crippen LogP contribution in [-0.4, -0.2) is 58.2 Å². The van der Waals surface area contributed by atoms with Gasteiger partial charge in [0.15, 0.2) is 23.0 Å². The van der Waals surface area contributed by atoms with E-state index in [1.165, 1.54) is 38.5 Å². The Morgan fingerprint density at radius 1 is 0.556 bits per heavy atom. The van der Waals surface area contributed by atoms with Crippen molar-refractivity contribution < 1.29 is 52.0 Å². The number of hydrogen-bond donors (Lipinski definition) is 0. The third-order valence-corrected chi connectivity index (χ3v) is 7.43. The Hall–Kier alpha value is -4.47. The highest BCUT2D eigenvalue weighted by Gasteiger charge is 2.27. The summed E-state index contributed by atoms with van der Waals surface area (Å²) in [5, 5.41) is 0. The lowest BCUT2D eigenvalue weighted by atomic mass is 9.96. The zero-order valence-corrected chi connectivity index (χ0v) is 27.3. The third kappa shape index (κ3) is 9.03. The predicted octanol–water partition coefficient (Wildman–Crippen LogP) is 4.63. The lowest BCUT2D eigenvalue weighted by Crippen LogP contribution is -2.10. The second-order valence-electron chi connectivity index (χ2n) is 9.69. The van der Waals surface area contributed by atoms with Crippen LogP contribution >= 0.6 is 0 Å². The van der Waals surface area contributed by atoms with Crippen LogP contribution in [-0.2, 0) is 37.0 Å². The third-order valence-electron chi connectivity index (χ3n) is 5.98. The largest absolute Gasteiger partial charge is 0.496 e. The van der Waals surface area contributed by atoms with Crippen LogP contribution in [0.15, 0.2) is 78.9 Å².